The van der Waals surface area contributed by atoms with Crippen LogP contribution in [0.4, 0.5) is 0 Å². The molecule has 0 bridgehead atoms. The standard InChI is InChI=1S/C14H22ClNO3S/c1-5-6-11(2)16(3)20(17,18)14-9-12(10-15)7-8-13(14)19-4/h7-9,11H,5-6,10H2,1-4H3. The number of alkyl halides is 1. The van der Waals surface area contributed by atoms with Gasteiger partial charge in [-0.1, -0.05) is 19.4 Å². The lowest BCUT2D eigenvalue weighted by molar-refractivity contribution is 0.362. The first-order valence-corrected chi connectivity index (χ1v) is 8.56. The number of hydrogen-bond acceptors (Lipinski definition) is 3. The Hall–Kier alpha value is -0.780. The van der Waals surface area contributed by atoms with Crippen LogP contribution in [0.25, 0.3) is 0 Å². The first kappa shape index (κ1) is 17.3. The number of sulfonamides is 1. The topological polar surface area (TPSA) is 46.6 Å². The highest BCUT2D eigenvalue weighted by Gasteiger charge is 2.28. The fourth-order valence-corrected chi connectivity index (χ4v) is 3.76. The van der Waals surface area contributed by atoms with Gasteiger partial charge in [0.1, 0.15) is 10.6 Å². The Morgan fingerprint density at radius 1 is 1.40 bits per heavy atom. The molecule has 0 fully saturated rings. The highest BCUT2D eigenvalue weighted by Crippen LogP contribution is 2.29. The molecule has 0 aromatic heterocycles. The summed E-state index contributed by atoms with van der Waals surface area (Å²) in [6.45, 7) is 3.94. The number of ether oxygens (including phenoxy) is 1. The Morgan fingerprint density at radius 2 is 2.05 bits per heavy atom. The first-order valence-electron chi connectivity index (χ1n) is 6.59. The molecule has 0 amide bonds. The number of benzene rings is 1. The lowest BCUT2D eigenvalue weighted by atomic mass is 10.2. The van der Waals surface area contributed by atoms with Gasteiger partial charge in [-0.2, -0.15) is 4.31 Å². The van der Waals surface area contributed by atoms with Crippen LogP contribution in [-0.2, 0) is 15.9 Å². The van der Waals surface area contributed by atoms with Crippen molar-refractivity contribution in [2.45, 2.75) is 43.5 Å². The second kappa shape index (κ2) is 7.29. The zero-order chi connectivity index (χ0) is 15.3. The van der Waals surface area contributed by atoms with Crippen LogP contribution in [-0.4, -0.2) is 32.9 Å². The van der Waals surface area contributed by atoms with E-state index in [2.05, 4.69) is 0 Å². The van der Waals surface area contributed by atoms with Gasteiger partial charge in [-0.25, -0.2) is 8.42 Å². The molecule has 0 saturated heterocycles. The van der Waals surface area contributed by atoms with E-state index in [1.165, 1.54) is 11.4 Å². The second-order valence-corrected chi connectivity index (χ2v) is 7.01. The molecule has 1 atom stereocenters. The maximum absolute atomic E-state index is 12.7. The average Bonchev–Trinajstić information content (AvgIpc) is 2.45. The van der Waals surface area contributed by atoms with Crippen LogP contribution in [0.2, 0.25) is 0 Å². The van der Waals surface area contributed by atoms with Crippen LogP contribution in [0.5, 0.6) is 5.75 Å². The predicted octanol–water partition coefficient (Wildman–Crippen LogP) is 3.24. The summed E-state index contributed by atoms with van der Waals surface area (Å²) in [6, 6.07) is 4.92. The van der Waals surface area contributed by atoms with Crippen LogP contribution in [0, 0.1) is 0 Å². The second-order valence-electron chi connectivity index (χ2n) is 4.78. The quantitative estimate of drug-likeness (QED) is 0.725. The fraction of sp³-hybridized carbons (Fsp3) is 0.571. The Kier molecular flexibility index (Phi) is 6.30. The predicted molar refractivity (Wildman–Crippen MR) is 81.9 cm³/mol. The number of hydrogen-bond donors (Lipinski definition) is 0. The van der Waals surface area contributed by atoms with E-state index in [9.17, 15) is 8.42 Å². The molecular formula is C14H22ClNO3S. The number of rotatable bonds is 7. The Labute approximate surface area is 126 Å². The maximum Gasteiger partial charge on any atom is 0.246 e. The van der Waals surface area contributed by atoms with Crippen LogP contribution < -0.4 is 4.74 Å². The minimum absolute atomic E-state index is 0.0608. The monoisotopic (exact) mass is 319 g/mol. The third-order valence-corrected chi connectivity index (χ3v) is 5.67. The van der Waals surface area contributed by atoms with E-state index >= 15 is 0 Å². The zero-order valence-corrected chi connectivity index (χ0v) is 14.0. The summed E-state index contributed by atoms with van der Waals surface area (Å²) < 4.78 is 32.0. The van der Waals surface area contributed by atoms with Crippen molar-refractivity contribution in [1.29, 1.82) is 0 Å². The maximum atomic E-state index is 12.7. The molecule has 0 saturated carbocycles. The van der Waals surface area contributed by atoms with E-state index in [0.717, 1.165) is 18.4 Å². The van der Waals surface area contributed by atoms with Gasteiger partial charge in [0, 0.05) is 19.0 Å². The van der Waals surface area contributed by atoms with Crippen molar-refractivity contribution in [3.8, 4) is 5.75 Å². The van der Waals surface area contributed by atoms with Gasteiger partial charge >= 0.3 is 0 Å². The summed E-state index contributed by atoms with van der Waals surface area (Å²) in [5, 5.41) is 0. The van der Waals surface area contributed by atoms with Gasteiger partial charge in [-0.15, -0.1) is 11.6 Å². The normalized spacial score (nSPS) is 13.5. The summed E-state index contributed by atoms with van der Waals surface area (Å²) in [5.74, 6) is 0.607. The number of halogens is 1. The summed E-state index contributed by atoms with van der Waals surface area (Å²) in [4.78, 5) is 0.170. The van der Waals surface area contributed by atoms with Gasteiger partial charge in [0.05, 0.1) is 7.11 Å². The van der Waals surface area contributed by atoms with Crippen molar-refractivity contribution >= 4 is 21.6 Å². The van der Waals surface area contributed by atoms with Crippen LogP contribution in [0.15, 0.2) is 23.1 Å². The molecule has 0 aliphatic rings. The zero-order valence-electron chi connectivity index (χ0n) is 12.4. The van der Waals surface area contributed by atoms with E-state index in [4.69, 9.17) is 16.3 Å². The molecule has 0 N–H and O–H groups in total. The van der Waals surface area contributed by atoms with E-state index < -0.39 is 10.0 Å². The molecule has 0 spiro atoms. The molecule has 1 unspecified atom stereocenters. The lowest BCUT2D eigenvalue weighted by Crippen LogP contribution is -2.35. The van der Waals surface area contributed by atoms with Crippen molar-refractivity contribution in [3.63, 3.8) is 0 Å². The molecule has 1 rings (SSSR count). The molecule has 20 heavy (non-hydrogen) atoms. The molecule has 6 heteroatoms. The van der Waals surface area contributed by atoms with Crippen LogP contribution in [0.1, 0.15) is 32.3 Å². The van der Waals surface area contributed by atoms with Gasteiger partial charge in [-0.05, 0) is 31.0 Å². The minimum Gasteiger partial charge on any atom is -0.495 e. The smallest absolute Gasteiger partial charge is 0.246 e. The number of methoxy groups -OCH3 is 1. The van der Waals surface area contributed by atoms with Crippen molar-refractivity contribution in [3.05, 3.63) is 23.8 Å². The van der Waals surface area contributed by atoms with Gasteiger partial charge in [0.2, 0.25) is 10.0 Å². The Bertz CT molecular complexity index is 545. The summed E-state index contributed by atoms with van der Waals surface area (Å²) in [6.07, 6.45) is 1.74. The van der Waals surface area contributed by atoms with Gasteiger partial charge in [-0.3, -0.25) is 0 Å². The molecular weight excluding hydrogens is 298 g/mol. The largest absolute Gasteiger partial charge is 0.495 e. The van der Waals surface area contributed by atoms with Crippen LogP contribution in [0.3, 0.4) is 0 Å². The Balaban J connectivity index is 3.26. The molecule has 0 heterocycles. The molecule has 0 radical (unpaired) electrons. The molecule has 4 nitrogen and oxygen atoms in total. The van der Waals surface area contributed by atoms with Crippen molar-refractivity contribution in [2.75, 3.05) is 14.2 Å². The van der Waals surface area contributed by atoms with E-state index in [-0.39, 0.29) is 16.8 Å². The van der Waals surface area contributed by atoms with E-state index in [1.54, 1.807) is 25.2 Å². The summed E-state index contributed by atoms with van der Waals surface area (Å²) >= 11 is 5.79. The molecule has 0 aliphatic carbocycles. The highest BCUT2D eigenvalue weighted by molar-refractivity contribution is 7.89. The third-order valence-electron chi connectivity index (χ3n) is 3.37. The molecule has 1 aromatic rings. The average molecular weight is 320 g/mol. The van der Waals surface area contributed by atoms with E-state index in [0.29, 0.717) is 5.75 Å². The lowest BCUT2D eigenvalue weighted by Gasteiger charge is -2.25. The summed E-state index contributed by atoms with van der Waals surface area (Å²) in [5.41, 5.74) is 0.752. The van der Waals surface area contributed by atoms with Gasteiger partial charge in [0.25, 0.3) is 0 Å². The fourth-order valence-electron chi connectivity index (χ4n) is 2.00. The van der Waals surface area contributed by atoms with Crippen molar-refractivity contribution in [1.82, 2.24) is 4.31 Å². The van der Waals surface area contributed by atoms with Crippen molar-refractivity contribution < 1.29 is 13.2 Å². The Morgan fingerprint density at radius 3 is 2.55 bits per heavy atom. The van der Waals surface area contributed by atoms with Gasteiger partial charge in [0.15, 0.2) is 0 Å². The van der Waals surface area contributed by atoms with Gasteiger partial charge < -0.3 is 4.74 Å². The third kappa shape index (κ3) is 3.65. The molecule has 114 valence electrons. The highest BCUT2D eigenvalue weighted by atomic mass is 35.5. The first-order chi connectivity index (χ1) is 9.38. The van der Waals surface area contributed by atoms with Crippen molar-refractivity contribution in [2.24, 2.45) is 0 Å². The van der Waals surface area contributed by atoms with E-state index in [1.807, 2.05) is 13.8 Å². The van der Waals surface area contributed by atoms with Crippen LogP contribution >= 0.6 is 11.6 Å². The summed E-state index contributed by atoms with van der Waals surface area (Å²) in [7, 11) is -0.524. The molecule has 1 aromatic carbocycles. The number of nitrogens with zero attached hydrogens (tertiary/aromatic N) is 1. The SMILES string of the molecule is CCCC(C)N(C)S(=O)(=O)c1cc(CCl)ccc1OC. The minimum atomic E-state index is -3.59. The molecule has 0 aliphatic heterocycles.